The van der Waals surface area contributed by atoms with E-state index in [1.807, 2.05) is 0 Å². The molecule has 1 amide bonds. The number of anilines is 2. The van der Waals surface area contributed by atoms with Gasteiger partial charge in [-0.1, -0.05) is 6.07 Å². The summed E-state index contributed by atoms with van der Waals surface area (Å²) in [5.74, 6) is -0.823. The third kappa shape index (κ3) is 5.99. The molecule has 3 aromatic rings. The molecule has 0 saturated heterocycles. The Hall–Kier alpha value is -3.56. The van der Waals surface area contributed by atoms with E-state index in [9.17, 15) is 26.4 Å². The van der Waals surface area contributed by atoms with Crippen LogP contribution >= 0.6 is 11.3 Å². The van der Waals surface area contributed by atoms with Crippen LogP contribution in [0.1, 0.15) is 15.9 Å². The molecule has 2 aromatic carbocycles. The van der Waals surface area contributed by atoms with Crippen molar-refractivity contribution in [3.05, 3.63) is 71.1 Å². The molecule has 0 atom stereocenters. The van der Waals surface area contributed by atoms with E-state index >= 15 is 0 Å². The first-order valence-electron chi connectivity index (χ1n) is 8.79. The topological polar surface area (TPSA) is 108 Å². The number of benzene rings is 2. The Morgan fingerprint density at radius 2 is 1.78 bits per heavy atom. The molecule has 0 radical (unpaired) electrons. The van der Waals surface area contributed by atoms with Crippen LogP contribution in [0, 0.1) is 11.3 Å². The molecule has 12 heteroatoms. The predicted molar refractivity (Wildman–Crippen MR) is 112 cm³/mol. The molecule has 0 aliphatic rings. The lowest BCUT2D eigenvalue weighted by Crippen LogP contribution is -2.19. The van der Waals surface area contributed by atoms with E-state index in [1.165, 1.54) is 42.5 Å². The Bertz CT molecular complexity index is 1250. The zero-order valence-corrected chi connectivity index (χ0v) is 17.6. The van der Waals surface area contributed by atoms with E-state index in [2.05, 4.69) is 14.8 Å². The van der Waals surface area contributed by atoms with Crippen molar-refractivity contribution in [2.45, 2.75) is 10.4 Å². The Labute approximate surface area is 185 Å². The minimum absolute atomic E-state index is 0.148. The van der Waals surface area contributed by atoms with E-state index in [0.29, 0.717) is 0 Å². The molecule has 2 N–H and O–H groups in total. The molecular weight excluding hydrogens is 467 g/mol. The van der Waals surface area contributed by atoms with Crippen LogP contribution < -0.4 is 14.8 Å². The molecule has 1 heterocycles. The minimum atomic E-state index is -4.55. The molecule has 32 heavy (non-hydrogen) atoms. The van der Waals surface area contributed by atoms with Crippen LogP contribution in [-0.2, 0) is 10.0 Å². The fourth-order valence-electron chi connectivity index (χ4n) is 2.50. The SMILES string of the molecule is N#Cc1cc(NC(=O)c2ccc(NS(=O)(=O)c3cccs3)cc2)ccc1OCC(F)(F)F. The Kier molecular flexibility index (Phi) is 6.71. The van der Waals surface area contributed by atoms with Gasteiger partial charge < -0.3 is 10.1 Å². The number of hydrogen-bond acceptors (Lipinski definition) is 6. The number of nitriles is 1. The minimum Gasteiger partial charge on any atom is -0.483 e. The van der Waals surface area contributed by atoms with Crippen LogP contribution in [0.2, 0.25) is 0 Å². The first kappa shape index (κ1) is 23.1. The van der Waals surface area contributed by atoms with Crippen molar-refractivity contribution >= 4 is 38.6 Å². The van der Waals surface area contributed by atoms with Gasteiger partial charge in [0.25, 0.3) is 15.9 Å². The maximum Gasteiger partial charge on any atom is 0.422 e. The fraction of sp³-hybridized carbons (Fsp3) is 0.100. The van der Waals surface area contributed by atoms with Crippen molar-refractivity contribution in [3.63, 3.8) is 0 Å². The maximum atomic E-state index is 12.4. The average Bonchev–Trinajstić information content (AvgIpc) is 3.28. The van der Waals surface area contributed by atoms with Crippen molar-refractivity contribution in [2.24, 2.45) is 0 Å². The average molecular weight is 481 g/mol. The number of carbonyl (C=O) groups excluding carboxylic acids is 1. The fourth-order valence-corrected chi connectivity index (χ4v) is 4.55. The summed E-state index contributed by atoms with van der Waals surface area (Å²) in [5.41, 5.74) is 0.451. The van der Waals surface area contributed by atoms with Gasteiger partial charge >= 0.3 is 6.18 Å². The van der Waals surface area contributed by atoms with Crippen molar-refractivity contribution in [2.75, 3.05) is 16.6 Å². The van der Waals surface area contributed by atoms with E-state index in [1.54, 1.807) is 17.5 Å². The smallest absolute Gasteiger partial charge is 0.422 e. The molecule has 0 bridgehead atoms. The summed E-state index contributed by atoms with van der Waals surface area (Å²) < 4.78 is 68.5. The summed E-state index contributed by atoms with van der Waals surface area (Å²) in [7, 11) is -3.72. The monoisotopic (exact) mass is 481 g/mol. The van der Waals surface area contributed by atoms with Crippen LogP contribution in [0.15, 0.2) is 64.2 Å². The highest BCUT2D eigenvalue weighted by atomic mass is 32.2. The number of alkyl halides is 3. The standard InChI is InChI=1S/C20H14F3N3O4S2/c21-20(22,23)12-30-17-8-7-16(10-14(17)11-24)25-19(27)13-3-5-15(6-4-13)26-32(28,29)18-2-1-9-31-18/h1-10,26H,12H2,(H,25,27). The number of nitrogens with one attached hydrogen (secondary N) is 2. The number of halogens is 3. The van der Waals surface area contributed by atoms with Gasteiger partial charge in [0.05, 0.1) is 5.56 Å². The van der Waals surface area contributed by atoms with Crippen LogP contribution in [-0.4, -0.2) is 27.1 Å². The van der Waals surface area contributed by atoms with Gasteiger partial charge in [-0.05, 0) is 53.9 Å². The number of amides is 1. The lowest BCUT2D eigenvalue weighted by molar-refractivity contribution is -0.153. The van der Waals surface area contributed by atoms with Gasteiger partial charge in [-0.15, -0.1) is 11.3 Å². The third-order valence-electron chi connectivity index (χ3n) is 3.91. The molecule has 0 fully saturated rings. The molecule has 166 valence electrons. The lowest BCUT2D eigenvalue weighted by Gasteiger charge is -2.12. The van der Waals surface area contributed by atoms with Crippen molar-refractivity contribution < 1.29 is 31.1 Å². The molecule has 3 rings (SSSR count). The number of sulfonamides is 1. The van der Waals surface area contributed by atoms with Crippen LogP contribution in [0.5, 0.6) is 5.75 Å². The zero-order valence-electron chi connectivity index (χ0n) is 16.0. The third-order valence-corrected chi connectivity index (χ3v) is 6.69. The van der Waals surface area contributed by atoms with E-state index in [4.69, 9.17) is 5.26 Å². The van der Waals surface area contributed by atoms with Crippen molar-refractivity contribution in [3.8, 4) is 11.8 Å². The summed E-state index contributed by atoms with van der Waals surface area (Å²) in [6.07, 6.45) is -4.55. The molecule has 0 aliphatic carbocycles. The van der Waals surface area contributed by atoms with Crippen molar-refractivity contribution in [1.29, 1.82) is 5.26 Å². The first-order valence-corrected chi connectivity index (χ1v) is 11.1. The number of hydrogen-bond donors (Lipinski definition) is 2. The van der Waals surface area contributed by atoms with Gasteiger partial charge in [0.15, 0.2) is 6.61 Å². The van der Waals surface area contributed by atoms with E-state index < -0.39 is 28.7 Å². The zero-order chi connectivity index (χ0) is 23.4. The van der Waals surface area contributed by atoms with Gasteiger partial charge in [-0.3, -0.25) is 9.52 Å². The number of thiophene rings is 1. The van der Waals surface area contributed by atoms with E-state index in [0.717, 1.165) is 17.4 Å². The first-order chi connectivity index (χ1) is 15.1. The summed E-state index contributed by atoms with van der Waals surface area (Å²) in [6.45, 7) is -1.55. The molecular formula is C20H14F3N3O4S2. The van der Waals surface area contributed by atoms with Crippen molar-refractivity contribution in [1.82, 2.24) is 0 Å². The van der Waals surface area contributed by atoms with Crippen LogP contribution in [0.25, 0.3) is 0 Å². The Balaban J connectivity index is 1.67. The molecule has 1 aromatic heterocycles. The summed E-state index contributed by atoms with van der Waals surface area (Å²) >= 11 is 1.06. The lowest BCUT2D eigenvalue weighted by atomic mass is 10.1. The second-order valence-corrected chi connectivity index (χ2v) is 9.15. The van der Waals surface area contributed by atoms with Gasteiger partial charge in [0.2, 0.25) is 0 Å². The van der Waals surface area contributed by atoms with Gasteiger partial charge in [0, 0.05) is 16.9 Å². The molecule has 0 spiro atoms. The number of ether oxygens (including phenoxy) is 1. The van der Waals surface area contributed by atoms with E-state index in [-0.39, 0.29) is 32.5 Å². The van der Waals surface area contributed by atoms with Gasteiger partial charge in [-0.2, -0.15) is 18.4 Å². The second kappa shape index (κ2) is 9.29. The largest absolute Gasteiger partial charge is 0.483 e. The van der Waals surface area contributed by atoms with Crippen LogP contribution in [0.3, 0.4) is 0 Å². The normalized spacial score (nSPS) is 11.4. The highest BCUT2D eigenvalue weighted by molar-refractivity contribution is 7.94. The second-order valence-electron chi connectivity index (χ2n) is 6.30. The Morgan fingerprint density at radius 1 is 1.09 bits per heavy atom. The number of rotatable bonds is 7. The highest BCUT2D eigenvalue weighted by Crippen LogP contribution is 2.25. The summed E-state index contributed by atoms with van der Waals surface area (Å²) in [5, 5.41) is 13.3. The molecule has 7 nitrogen and oxygen atoms in total. The summed E-state index contributed by atoms with van der Waals surface area (Å²) in [6, 6.07) is 14.0. The quantitative estimate of drug-likeness (QED) is 0.512. The maximum absolute atomic E-state index is 12.4. The highest BCUT2D eigenvalue weighted by Gasteiger charge is 2.29. The molecule has 0 unspecified atom stereocenters. The Morgan fingerprint density at radius 3 is 2.38 bits per heavy atom. The van der Waals surface area contributed by atoms with Gasteiger partial charge in [0.1, 0.15) is 16.0 Å². The predicted octanol–water partition coefficient (Wildman–Crippen LogP) is 4.61. The molecule has 0 saturated carbocycles. The van der Waals surface area contributed by atoms with Gasteiger partial charge in [-0.25, -0.2) is 8.42 Å². The van der Waals surface area contributed by atoms with Crippen LogP contribution in [0.4, 0.5) is 24.5 Å². The summed E-state index contributed by atoms with van der Waals surface area (Å²) in [4.78, 5) is 12.4. The molecule has 0 aliphatic heterocycles. The number of carbonyl (C=O) groups is 1. The number of nitrogens with zero attached hydrogens (tertiary/aromatic N) is 1.